The molecule has 2 heterocycles. The van der Waals surface area contributed by atoms with Crippen LogP contribution in [0.2, 0.25) is 0 Å². The van der Waals surface area contributed by atoms with Gasteiger partial charge in [0.25, 0.3) is 5.69 Å². The summed E-state index contributed by atoms with van der Waals surface area (Å²) in [6.45, 7) is 13.7. The quantitative estimate of drug-likeness (QED) is 0.668. The molecule has 0 aliphatic carbocycles. The Morgan fingerprint density at radius 3 is 2.50 bits per heavy atom. The van der Waals surface area contributed by atoms with Gasteiger partial charge in [0.05, 0.1) is 12.6 Å². The fraction of sp³-hybridized carbons (Fsp3) is 0.583. The maximum atomic E-state index is 11.8. The molecule has 0 saturated carbocycles. The Morgan fingerprint density at radius 2 is 2.05 bits per heavy atom. The molecule has 0 bridgehead atoms. The highest BCUT2D eigenvalue weighted by molar-refractivity contribution is 9.11. The molecule has 2 rings (SSSR count). The number of aromatic nitrogens is 2. The van der Waals surface area contributed by atoms with E-state index >= 15 is 0 Å². The van der Waals surface area contributed by atoms with Crippen LogP contribution in [0.4, 0.5) is 10.5 Å². The first kappa shape index (κ1) is 15.3. The zero-order chi connectivity index (χ0) is 15.1. The number of rotatable bonds is 1. The maximum absolute atomic E-state index is 11.8. The Bertz CT molecular complexity index is 580. The molecule has 1 aliphatic rings. The van der Waals surface area contributed by atoms with Crippen molar-refractivity contribution >= 4 is 43.6 Å². The fourth-order valence-electron chi connectivity index (χ4n) is 1.80. The lowest BCUT2D eigenvalue weighted by molar-refractivity contribution is -0.000701. The molecule has 0 unspecified atom stereocenters. The van der Waals surface area contributed by atoms with Gasteiger partial charge in [0, 0.05) is 13.1 Å². The SMILES string of the molecule is [C-]#[N+]c1c(Br)nn(C2CN(C(=O)OC(C)(C)C)C2)c1Br. The molecule has 0 aromatic carbocycles. The predicted molar refractivity (Wildman–Crippen MR) is 80.7 cm³/mol. The number of nitrogens with zero attached hydrogens (tertiary/aromatic N) is 4. The first-order valence-electron chi connectivity index (χ1n) is 6.02. The smallest absolute Gasteiger partial charge is 0.410 e. The molecule has 20 heavy (non-hydrogen) atoms. The molecule has 0 spiro atoms. The Hall–Kier alpha value is -1.07. The van der Waals surface area contributed by atoms with Gasteiger partial charge in [0.15, 0.2) is 0 Å². The third-order valence-electron chi connectivity index (χ3n) is 2.76. The van der Waals surface area contributed by atoms with Crippen molar-refractivity contribution in [2.45, 2.75) is 32.4 Å². The number of amides is 1. The van der Waals surface area contributed by atoms with Crippen molar-refractivity contribution in [2.75, 3.05) is 13.1 Å². The largest absolute Gasteiger partial charge is 0.444 e. The highest BCUT2D eigenvalue weighted by Crippen LogP contribution is 2.37. The normalized spacial score (nSPS) is 15.7. The number of carbonyl (C=O) groups is 1. The Balaban J connectivity index is 2.01. The minimum atomic E-state index is -0.491. The van der Waals surface area contributed by atoms with Gasteiger partial charge >= 0.3 is 6.09 Å². The van der Waals surface area contributed by atoms with Gasteiger partial charge in [-0.25, -0.2) is 9.64 Å². The summed E-state index contributed by atoms with van der Waals surface area (Å²) in [5, 5.41) is 4.27. The van der Waals surface area contributed by atoms with Crippen molar-refractivity contribution in [1.29, 1.82) is 0 Å². The summed E-state index contributed by atoms with van der Waals surface area (Å²) in [6.07, 6.45) is -0.318. The second-order valence-electron chi connectivity index (χ2n) is 5.53. The third-order valence-corrected chi connectivity index (χ3v) is 4.03. The topological polar surface area (TPSA) is 51.7 Å². The van der Waals surface area contributed by atoms with E-state index in [1.54, 1.807) is 9.58 Å². The molecule has 0 atom stereocenters. The van der Waals surface area contributed by atoms with Gasteiger partial charge in [-0.05, 0) is 52.6 Å². The highest BCUT2D eigenvalue weighted by Gasteiger charge is 2.36. The second-order valence-corrected chi connectivity index (χ2v) is 7.03. The molecule has 1 aromatic heterocycles. The molecule has 0 radical (unpaired) electrons. The Morgan fingerprint density at radius 1 is 1.45 bits per heavy atom. The molecule has 1 fully saturated rings. The molecule has 1 aliphatic heterocycles. The zero-order valence-electron chi connectivity index (χ0n) is 11.4. The van der Waals surface area contributed by atoms with Crippen LogP contribution in [-0.4, -0.2) is 39.5 Å². The summed E-state index contributed by atoms with van der Waals surface area (Å²) < 4.78 is 8.16. The Labute approximate surface area is 134 Å². The van der Waals surface area contributed by atoms with E-state index < -0.39 is 5.60 Å². The minimum absolute atomic E-state index is 0.0590. The molecule has 1 saturated heterocycles. The zero-order valence-corrected chi connectivity index (χ0v) is 14.5. The summed E-state index contributed by atoms with van der Waals surface area (Å²) >= 11 is 6.62. The lowest BCUT2D eigenvalue weighted by Gasteiger charge is -2.40. The van der Waals surface area contributed by atoms with Crippen LogP contribution >= 0.6 is 31.9 Å². The van der Waals surface area contributed by atoms with Crippen LogP contribution in [0.1, 0.15) is 26.8 Å². The van der Waals surface area contributed by atoms with Crippen LogP contribution in [0.3, 0.4) is 0 Å². The summed E-state index contributed by atoms with van der Waals surface area (Å²) in [5.74, 6) is 0. The van der Waals surface area contributed by atoms with Gasteiger partial charge in [-0.15, -0.1) is 0 Å². The van der Waals surface area contributed by atoms with Crippen LogP contribution < -0.4 is 0 Å². The number of halogens is 2. The van der Waals surface area contributed by atoms with Gasteiger partial charge in [-0.1, -0.05) is 0 Å². The van der Waals surface area contributed by atoms with Gasteiger partial charge < -0.3 is 9.64 Å². The van der Waals surface area contributed by atoms with Gasteiger partial charge in [-0.3, -0.25) is 4.68 Å². The van der Waals surface area contributed by atoms with E-state index in [-0.39, 0.29) is 12.1 Å². The number of carbonyl (C=O) groups excluding carboxylic acids is 1. The maximum Gasteiger partial charge on any atom is 0.410 e. The summed E-state index contributed by atoms with van der Waals surface area (Å²) in [7, 11) is 0. The van der Waals surface area contributed by atoms with Crippen molar-refractivity contribution in [2.24, 2.45) is 0 Å². The fourth-order valence-corrected chi connectivity index (χ4v) is 3.16. The first-order valence-corrected chi connectivity index (χ1v) is 7.60. The van der Waals surface area contributed by atoms with Crippen LogP contribution in [0.15, 0.2) is 9.21 Å². The summed E-state index contributed by atoms with van der Waals surface area (Å²) in [4.78, 5) is 16.9. The van der Waals surface area contributed by atoms with Crippen molar-refractivity contribution in [3.8, 4) is 0 Å². The molecule has 1 aromatic rings. The minimum Gasteiger partial charge on any atom is -0.444 e. The third kappa shape index (κ3) is 2.99. The molecular weight excluding hydrogens is 392 g/mol. The highest BCUT2D eigenvalue weighted by atomic mass is 79.9. The summed E-state index contributed by atoms with van der Waals surface area (Å²) in [6, 6.07) is 0.0590. The molecule has 108 valence electrons. The first-order chi connectivity index (χ1) is 9.23. The average Bonchev–Trinajstić information content (AvgIpc) is 2.49. The number of hydrogen-bond acceptors (Lipinski definition) is 3. The molecule has 1 amide bonds. The lowest BCUT2D eigenvalue weighted by Crippen LogP contribution is -2.52. The lowest BCUT2D eigenvalue weighted by atomic mass is 10.1. The second kappa shape index (κ2) is 5.37. The van der Waals surface area contributed by atoms with E-state index in [4.69, 9.17) is 11.3 Å². The Kier molecular flexibility index (Phi) is 4.12. The van der Waals surface area contributed by atoms with Crippen LogP contribution in [0, 0.1) is 6.57 Å². The van der Waals surface area contributed by atoms with Crippen molar-refractivity contribution in [3.63, 3.8) is 0 Å². The van der Waals surface area contributed by atoms with Gasteiger partial charge in [-0.2, -0.15) is 5.10 Å². The molecule has 0 N–H and O–H groups in total. The van der Waals surface area contributed by atoms with E-state index in [2.05, 4.69) is 41.8 Å². The summed E-state index contributed by atoms with van der Waals surface area (Å²) in [5.41, 5.74) is -0.0462. The molecule has 8 heteroatoms. The van der Waals surface area contributed by atoms with Crippen LogP contribution in [0.25, 0.3) is 4.85 Å². The van der Waals surface area contributed by atoms with Crippen LogP contribution in [0.5, 0.6) is 0 Å². The van der Waals surface area contributed by atoms with E-state index in [0.29, 0.717) is 28.0 Å². The van der Waals surface area contributed by atoms with Crippen molar-refractivity contribution in [3.05, 3.63) is 20.6 Å². The van der Waals surface area contributed by atoms with Crippen molar-refractivity contribution < 1.29 is 9.53 Å². The number of ether oxygens (including phenoxy) is 1. The van der Waals surface area contributed by atoms with E-state index in [1.807, 2.05) is 20.8 Å². The predicted octanol–water partition coefficient (Wildman–Crippen LogP) is 3.75. The number of hydrogen-bond donors (Lipinski definition) is 0. The number of likely N-dealkylation sites (tertiary alicyclic amines) is 1. The molecular formula is C12H14Br2N4O2. The van der Waals surface area contributed by atoms with E-state index in [0.717, 1.165) is 0 Å². The van der Waals surface area contributed by atoms with Gasteiger partial charge in [0.1, 0.15) is 14.8 Å². The molecule has 6 nitrogen and oxygen atoms in total. The monoisotopic (exact) mass is 404 g/mol. The van der Waals surface area contributed by atoms with E-state index in [1.165, 1.54) is 0 Å². The van der Waals surface area contributed by atoms with Crippen LogP contribution in [-0.2, 0) is 4.74 Å². The van der Waals surface area contributed by atoms with Crippen molar-refractivity contribution in [1.82, 2.24) is 14.7 Å². The average molecular weight is 406 g/mol. The standard InChI is InChI=1S/C12H14Br2N4O2/c1-12(2,3)20-11(19)17-5-7(6-17)18-10(14)8(15-4)9(13)16-18/h7H,5-6H2,1-3H3. The van der Waals surface area contributed by atoms with Gasteiger partial charge in [0.2, 0.25) is 0 Å². The van der Waals surface area contributed by atoms with E-state index in [9.17, 15) is 4.79 Å².